The van der Waals surface area contributed by atoms with Crippen molar-refractivity contribution >= 4 is 34.8 Å². The van der Waals surface area contributed by atoms with Crippen LogP contribution in [0.1, 0.15) is 56.6 Å². The molecule has 0 spiro atoms. The Kier molecular flexibility index (Phi) is 11.3. The zero-order valence-corrected chi connectivity index (χ0v) is 25.5. The largest absolute Gasteiger partial charge is 0.481 e. The first-order valence-corrected chi connectivity index (χ1v) is 15.3. The van der Waals surface area contributed by atoms with E-state index in [1.165, 1.54) is 6.92 Å². The molecule has 10 nitrogen and oxygen atoms in total. The zero-order chi connectivity index (χ0) is 33.3. The summed E-state index contributed by atoms with van der Waals surface area (Å²) in [6.45, 7) is 1.43. The molecule has 0 bridgehead atoms. The second-order valence-electron chi connectivity index (χ2n) is 11.9. The number of halogens is 3. The van der Waals surface area contributed by atoms with Gasteiger partial charge in [-0.15, -0.1) is 0 Å². The van der Waals surface area contributed by atoms with Crippen molar-refractivity contribution in [2.75, 3.05) is 6.54 Å². The van der Waals surface area contributed by atoms with Gasteiger partial charge in [0.1, 0.15) is 11.6 Å². The lowest BCUT2D eigenvalue weighted by Crippen LogP contribution is -2.61. The molecule has 1 unspecified atom stereocenters. The Balaban J connectivity index is 1.57. The number of ether oxygens (including phenoxy) is 1. The van der Waals surface area contributed by atoms with Gasteiger partial charge >= 0.3 is 18.2 Å². The molecule has 248 valence electrons. The Morgan fingerprint density at radius 1 is 1.00 bits per heavy atom. The summed E-state index contributed by atoms with van der Waals surface area (Å²) in [5.41, 5.74) is 0.631. The molecule has 1 aromatic heterocycles. The number of nitrogens with one attached hydrogen (secondary N) is 4. The minimum absolute atomic E-state index is 0.0334. The average Bonchev–Trinajstić information content (AvgIpc) is 3.41. The van der Waals surface area contributed by atoms with Gasteiger partial charge in [0.15, 0.2) is 0 Å². The highest BCUT2D eigenvalue weighted by molar-refractivity contribution is 5.92. The van der Waals surface area contributed by atoms with Crippen molar-refractivity contribution in [3.63, 3.8) is 0 Å². The summed E-state index contributed by atoms with van der Waals surface area (Å²) in [7, 11) is 0. The number of fused-ring (bicyclic) bond motifs is 1. The van der Waals surface area contributed by atoms with Gasteiger partial charge < -0.3 is 30.8 Å². The van der Waals surface area contributed by atoms with Gasteiger partial charge in [-0.3, -0.25) is 14.4 Å². The van der Waals surface area contributed by atoms with E-state index in [2.05, 4.69) is 20.9 Å². The Morgan fingerprint density at radius 3 is 2.41 bits per heavy atom. The summed E-state index contributed by atoms with van der Waals surface area (Å²) in [4.78, 5) is 53.6. The number of alkyl carbamates (subject to hydrolysis) is 1. The van der Waals surface area contributed by atoms with Crippen molar-refractivity contribution in [1.29, 1.82) is 0 Å². The third kappa shape index (κ3) is 9.48. The predicted octanol–water partition coefficient (Wildman–Crippen LogP) is 5.02. The van der Waals surface area contributed by atoms with Crippen molar-refractivity contribution < 1.29 is 42.2 Å². The van der Waals surface area contributed by atoms with Crippen molar-refractivity contribution in [2.45, 2.75) is 82.2 Å². The van der Waals surface area contributed by atoms with Gasteiger partial charge in [0.2, 0.25) is 11.8 Å². The molecule has 46 heavy (non-hydrogen) atoms. The van der Waals surface area contributed by atoms with Crippen molar-refractivity contribution in [3.8, 4) is 0 Å². The molecule has 4 atom stereocenters. The zero-order valence-electron chi connectivity index (χ0n) is 25.5. The van der Waals surface area contributed by atoms with Gasteiger partial charge in [0.25, 0.3) is 0 Å². The predicted molar refractivity (Wildman–Crippen MR) is 164 cm³/mol. The fourth-order valence-corrected chi connectivity index (χ4v) is 5.81. The lowest BCUT2D eigenvalue weighted by Gasteiger charge is -2.35. The Bertz CT molecular complexity index is 1510. The molecular weight excluding hydrogens is 605 g/mol. The molecule has 1 saturated carbocycles. The van der Waals surface area contributed by atoms with Crippen LogP contribution in [0.5, 0.6) is 0 Å². The number of hydrogen-bond donors (Lipinski definition) is 5. The number of aromatic nitrogens is 1. The molecule has 3 amide bonds. The van der Waals surface area contributed by atoms with E-state index in [9.17, 15) is 32.3 Å². The highest BCUT2D eigenvalue weighted by atomic mass is 19.4. The normalized spacial score (nSPS) is 18.6. The lowest BCUT2D eigenvalue weighted by molar-refractivity contribution is -0.207. The number of carbonyl (C=O) groups excluding carboxylic acids is 3. The first-order chi connectivity index (χ1) is 21.8. The maximum atomic E-state index is 14.1. The molecule has 1 aliphatic rings. The third-order valence-electron chi connectivity index (χ3n) is 8.25. The van der Waals surface area contributed by atoms with Crippen LogP contribution in [0.15, 0.2) is 60.8 Å². The molecule has 1 heterocycles. The molecule has 0 saturated heterocycles. The van der Waals surface area contributed by atoms with E-state index in [1.807, 2.05) is 54.6 Å². The molecule has 0 radical (unpaired) electrons. The molecule has 0 aliphatic heterocycles. The number of benzene rings is 2. The summed E-state index contributed by atoms with van der Waals surface area (Å²) < 4.78 is 46.5. The number of para-hydroxylation sites is 1. The summed E-state index contributed by atoms with van der Waals surface area (Å²) in [5.74, 6) is -4.07. The maximum Gasteiger partial charge on any atom is 0.408 e. The standard InChI is InChI=1S/C33H39F3N4O6/c1-32(18-22-19-37-26-13-7-5-11-24(22)26,40-31(45)46-27-14-8-6-12-25(27)33(34,35)36)30(44)39-23(17-21-9-3-2-4-10-21)20-38-28(41)15-16-29(42)43/h2-5,7,9-11,13,19,23,25,27,37H,6,8,12,14-18,20H2,1H3,(H,38,41)(H,39,44)(H,40,45)(H,42,43)/t23-,25?,27+,32-/m1/s1. The van der Waals surface area contributed by atoms with E-state index < -0.39 is 53.7 Å². The van der Waals surface area contributed by atoms with Crippen LogP contribution in [-0.4, -0.2) is 64.4 Å². The quantitative estimate of drug-likeness (QED) is 0.176. The number of rotatable bonds is 13. The molecule has 13 heteroatoms. The Hall–Kier alpha value is -4.55. The smallest absolute Gasteiger partial charge is 0.408 e. The number of carbonyl (C=O) groups is 4. The van der Waals surface area contributed by atoms with Gasteiger partial charge in [-0.25, -0.2) is 4.79 Å². The first-order valence-electron chi connectivity index (χ1n) is 15.3. The number of amides is 3. The second-order valence-corrected chi connectivity index (χ2v) is 11.9. The van der Waals surface area contributed by atoms with Crippen molar-refractivity contribution in [2.24, 2.45) is 5.92 Å². The highest BCUT2D eigenvalue weighted by Crippen LogP contribution is 2.39. The molecule has 5 N–H and O–H groups in total. The molecule has 3 aromatic rings. The number of alkyl halides is 3. The fourth-order valence-electron chi connectivity index (χ4n) is 5.81. The molecule has 1 aliphatic carbocycles. The highest BCUT2D eigenvalue weighted by Gasteiger charge is 2.48. The van der Waals surface area contributed by atoms with Crippen molar-refractivity contribution in [1.82, 2.24) is 20.9 Å². The van der Waals surface area contributed by atoms with E-state index in [1.54, 1.807) is 6.20 Å². The van der Waals surface area contributed by atoms with Crippen LogP contribution in [0, 0.1) is 5.92 Å². The lowest BCUT2D eigenvalue weighted by atomic mass is 9.86. The average molecular weight is 645 g/mol. The van der Waals surface area contributed by atoms with Crippen LogP contribution in [0.2, 0.25) is 0 Å². The summed E-state index contributed by atoms with van der Waals surface area (Å²) in [5, 5.41) is 17.8. The van der Waals surface area contributed by atoms with E-state index in [-0.39, 0.29) is 45.1 Å². The van der Waals surface area contributed by atoms with E-state index in [0.717, 1.165) is 16.5 Å². The Labute approximate surface area is 264 Å². The summed E-state index contributed by atoms with van der Waals surface area (Å²) in [6, 6.07) is 15.8. The number of aliphatic carboxylic acids is 1. The third-order valence-corrected chi connectivity index (χ3v) is 8.25. The van der Waals surface area contributed by atoms with Crippen LogP contribution in [-0.2, 0) is 32.0 Å². The number of carboxylic acid groups (broad SMARTS) is 1. The van der Waals surface area contributed by atoms with Crippen LogP contribution in [0.3, 0.4) is 0 Å². The number of aromatic amines is 1. The summed E-state index contributed by atoms with van der Waals surface area (Å²) in [6.07, 6.45) is -4.91. The second kappa shape index (κ2) is 15.2. The molecular formula is C33H39F3N4O6. The van der Waals surface area contributed by atoms with Crippen LogP contribution in [0.4, 0.5) is 18.0 Å². The SMILES string of the molecule is C[C@](Cc1c[nH]c2ccccc12)(NC(=O)O[C@H]1CCCCC1C(F)(F)F)C(=O)N[C@@H](CNC(=O)CCC(=O)O)Cc1ccccc1. The molecule has 2 aromatic carbocycles. The molecule has 1 fully saturated rings. The van der Waals surface area contributed by atoms with Gasteiger partial charge in [-0.05, 0) is 49.8 Å². The van der Waals surface area contributed by atoms with E-state index in [4.69, 9.17) is 9.84 Å². The number of H-pyrrole nitrogens is 1. The van der Waals surface area contributed by atoms with Gasteiger partial charge in [0, 0.05) is 36.5 Å². The minimum atomic E-state index is -4.53. The molecule has 4 rings (SSSR count). The van der Waals surface area contributed by atoms with Gasteiger partial charge in [-0.2, -0.15) is 13.2 Å². The number of hydrogen-bond acceptors (Lipinski definition) is 5. The van der Waals surface area contributed by atoms with Gasteiger partial charge in [-0.1, -0.05) is 55.0 Å². The van der Waals surface area contributed by atoms with Crippen LogP contribution >= 0.6 is 0 Å². The van der Waals surface area contributed by atoms with Crippen LogP contribution in [0.25, 0.3) is 10.9 Å². The minimum Gasteiger partial charge on any atom is -0.481 e. The number of carboxylic acids is 1. The van der Waals surface area contributed by atoms with E-state index >= 15 is 0 Å². The van der Waals surface area contributed by atoms with E-state index in [0.29, 0.717) is 18.4 Å². The Morgan fingerprint density at radius 2 is 1.70 bits per heavy atom. The van der Waals surface area contributed by atoms with Crippen LogP contribution < -0.4 is 16.0 Å². The van der Waals surface area contributed by atoms with Crippen molar-refractivity contribution in [3.05, 3.63) is 71.9 Å². The summed E-state index contributed by atoms with van der Waals surface area (Å²) >= 11 is 0. The monoisotopic (exact) mass is 644 g/mol. The van der Waals surface area contributed by atoms with Gasteiger partial charge in [0.05, 0.1) is 18.4 Å². The fraction of sp³-hybridized carbons (Fsp3) is 0.455. The topological polar surface area (TPSA) is 150 Å². The first kappa shape index (κ1) is 34.3. The maximum absolute atomic E-state index is 14.1.